The summed E-state index contributed by atoms with van der Waals surface area (Å²) in [7, 11) is 0. The molecule has 1 N–H and O–H groups in total. The van der Waals surface area contributed by atoms with Crippen LogP contribution in [0.3, 0.4) is 0 Å². The van der Waals surface area contributed by atoms with Gasteiger partial charge in [-0.05, 0) is 55.5 Å². The zero-order chi connectivity index (χ0) is 24.2. The highest BCUT2D eigenvalue weighted by Gasteiger charge is 2.19. The predicted molar refractivity (Wildman–Crippen MR) is 127 cm³/mol. The van der Waals surface area contributed by atoms with Crippen molar-refractivity contribution in [2.45, 2.75) is 6.92 Å². The third-order valence-electron chi connectivity index (χ3n) is 4.69. The van der Waals surface area contributed by atoms with E-state index in [1.54, 1.807) is 49.4 Å². The number of nitrogens with zero attached hydrogens (tertiary/aromatic N) is 3. The normalized spacial score (nSPS) is 10.7. The lowest BCUT2D eigenvalue weighted by Crippen LogP contribution is -2.12. The molecule has 2 heterocycles. The summed E-state index contributed by atoms with van der Waals surface area (Å²) in [5.74, 6) is -1.49. The summed E-state index contributed by atoms with van der Waals surface area (Å²) in [5, 5.41) is 7.29. The maximum absolute atomic E-state index is 13.9. The lowest BCUT2D eigenvalue weighted by Gasteiger charge is -2.10. The molecular formula is C24H17Cl2FN4O3. The Kier molecular flexibility index (Phi) is 6.90. The van der Waals surface area contributed by atoms with Crippen molar-refractivity contribution in [3.05, 3.63) is 94.1 Å². The lowest BCUT2D eigenvalue weighted by molar-refractivity contribution is 0.0519. The Bertz CT molecular complexity index is 1370. The fraction of sp³-hybridized carbons (Fsp3) is 0.0833. The van der Waals surface area contributed by atoms with Crippen molar-refractivity contribution in [1.29, 1.82) is 0 Å². The van der Waals surface area contributed by atoms with Crippen LogP contribution < -0.4 is 5.32 Å². The minimum atomic E-state index is -0.602. The molecule has 0 bridgehead atoms. The number of ether oxygens (including phenoxy) is 1. The van der Waals surface area contributed by atoms with Crippen molar-refractivity contribution in [3.63, 3.8) is 0 Å². The van der Waals surface area contributed by atoms with E-state index >= 15 is 0 Å². The molecule has 172 valence electrons. The highest BCUT2D eigenvalue weighted by atomic mass is 35.5. The number of esters is 1. The summed E-state index contributed by atoms with van der Waals surface area (Å²) in [6.45, 7) is 1.88. The van der Waals surface area contributed by atoms with Crippen molar-refractivity contribution in [3.8, 4) is 16.9 Å². The second-order valence-electron chi connectivity index (χ2n) is 7.06. The summed E-state index contributed by atoms with van der Waals surface area (Å²) >= 11 is 11.8. The van der Waals surface area contributed by atoms with E-state index in [1.165, 1.54) is 28.9 Å². The number of anilines is 1. The van der Waals surface area contributed by atoms with Crippen LogP contribution in [0.1, 0.15) is 27.8 Å². The van der Waals surface area contributed by atoms with Gasteiger partial charge in [-0.3, -0.25) is 4.79 Å². The third-order valence-corrected chi connectivity index (χ3v) is 5.08. The molecule has 0 aliphatic carbocycles. The molecular weight excluding hydrogens is 482 g/mol. The van der Waals surface area contributed by atoms with Crippen molar-refractivity contribution < 1.29 is 18.7 Å². The molecule has 2 aromatic heterocycles. The number of carbonyl (C=O) groups is 2. The summed E-state index contributed by atoms with van der Waals surface area (Å²) in [6, 6.07) is 17.1. The molecule has 7 nitrogen and oxygen atoms in total. The number of nitrogens with one attached hydrogen (secondary N) is 1. The largest absolute Gasteiger partial charge is 0.461 e. The second kappa shape index (κ2) is 10.0. The minimum Gasteiger partial charge on any atom is -0.461 e. The summed E-state index contributed by atoms with van der Waals surface area (Å²) in [6.07, 6.45) is 0. The Morgan fingerprint density at radius 2 is 1.76 bits per heavy atom. The first-order valence-corrected chi connectivity index (χ1v) is 10.9. The van der Waals surface area contributed by atoms with Gasteiger partial charge in [-0.15, -0.1) is 0 Å². The maximum atomic E-state index is 13.9. The van der Waals surface area contributed by atoms with E-state index in [-0.39, 0.29) is 28.2 Å². The number of pyridine rings is 1. The van der Waals surface area contributed by atoms with Crippen LogP contribution in [0, 0.1) is 5.82 Å². The SMILES string of the molecule is CCOC(=O)c1cc(-c2cccc(NC(=O)c3cc(Cl)nc(Cl)c3)c2)n(-c2cccc(F)c2)n1. The van der Waals surface area contributed by atoms with Crippen LogP contribution in [0.15, 0.2) is 66.7 Å². The van der Waals surface area contributed by atoms with Gasteiger partial charge in [-0.25, -0.2) is 18.9 Å². The van der Waals surface area contributed by atoms with E-state index < -0.39 is 17.7 Å². The Morgan fingerprint density at radius 3 is 2.47 bits per heavy atom. The molecule has 2 aromatic carbocycles. The van der Waals surface area contributed by atoms with Crippen molar-refractivity contribution >= 4 is 40.8 Å². The maximum Gasteiger partial charge on any atom is 0.358 e. The summed E-state index contributed by atoms with van der Waals surface area (Å²) < 4.78 is 20.4. The zero-order valence-electron chi connectivity index (χ0n) is 17.8. The fourth-order valence-electron chi connectivity index (χ4n) is 3.25. The van der Waals surface area contributed by atoms with Gasteiger partial charge in [0.15, 0.2) is 5.69 Å². The first-order chi connectivity index (χ1) is 16.3. The van der Waals surface area contributed by atoms with E-state index in [1.807, 2.05) is 0 Å². The summed E-state index contributed by atoms with van der Waals surface area (Å²) in [4.78, 5) is 28.8. The Morgan fingerprint density at radius 1 is 1.03 bits per heavy atom. The van der Waals surface area contributed by atoms with E-state index in [0.29, 0.717) is 22.6 Å². The molecule has 0 aliphatic heterocycles. The number of aromatic nitrogens is 3. The van der Waals surface area contributed by atoms with E-state index in [4.69, 9.17) is 27.9 Å². The second-order valence-corrected chi connectivity index (χ2v) is 7.84. The average molecular weight is 499 g/mol. The van der Waals surface area contributed by atoms with E-state index in [9.17, 15) is 14.0 Å². The molecule has 10 heteroatoms. The molecule has 0 saturated carbocycles. The van der Waals surface area contributed by atoms with Crippen molar-refractivity contribution in [2.24, 2.45) is 0 Å². The molecule has 4 rings (SSSR count). The number of carbonyl (C=O) groups excluding carboxylic acids is 2. The fourth-order valence-corrected chi connectivity index (χ4v) is 3.71. The van der Waals surface area contributed by atoms with Crippen molar-refractivity contribution in [1.82, 2.24) is 14.8 Å². The van der Waals surface area contributed by atoms with Gasteiger partial charge in [0.05, 0.1) is 18.0 Å². The van der Waals surface area contributed by atoms with Gasteiger partial charge in [0, 0.05) is 16.8 Å². The molecule has 0 radical (unpaired) electrons. The van der Waals surface area contributed by atoms with Gasteiger partial charge >= 0.3 is 5.97 Å². The Hall–Kier alpha value is -3.75. The van der Waals surface area contributed by atoms with Crippen LogP contribution in [0.25, 0.3) is 16.9 Å². The molecule has 0 fully saturated rings. The number of hydrogen-bond acceptors (Lipinski definition) is 5. The minimum absolute atomic E-state index is 0.0663. The number of benzene rings is 2. The van der Waals surface area contributed by atoms with E-state index in [0.717, 1.165) is 0 Å². The van der Waals surface area contributed by atoms with Gasteiger partial charge in [-0.2, -0.15) is 5.10 Å². The first-order valence-electron chi connectivity index (χ1n) is 10.1. The number of halogens is 3. The highest BCUT2D eigenvalue weighted by Crippen LogP contribution is 2.27. The first kappa shape index (κ1) is 23.4. The standard InChI is InChI=1S/C24H17Cl2FN4O3/c1-2-34-24(33)19-13-20(31(30-19)18-8-4-6-16(27)12-18)14-5-3-7-17(9-14)28-23(32)15-10-21(25)29-22(26)11-15/h3-13H,2H2,1H3,(H,28,32). The Labute approximate surface area is 204 Å². The molecule has 0 aliphatic rings. The van der Waals surface area contributed by atoms with Crippen LogP contribution in [-0.4, -0.2) is 33.2 Å². The lowest BCUT2D eigenvalue weighted by atomic mass is 10.1. The van der Waals surface area contributed by atoms with Gasteiger partial charge < -0.3 is 10.1 Å². The molecule has 0 unspecified atom stereocenters. The molecule has 0 saturated heterocycles. The van der Waals surface area contributed by atoms with Crippen LogP contribution in [-0.2, 0) is 4.74 Å². The number of rotatable bonds is 6. The number of amides is 1. The summed E-state index contributed by atoms with van der Waals surface area (Å²) in [5.41, 5.74) is 2.31. The van der Waals surface area contributed by atoms with Crippen LogP contribution in [0.5, 0.6) is 0 Å². The van der Waals surface area contributed by atoms with Crippen LogP contribution >= 0.6 is 23.2 Å². The molecule has 4 aromatic rings. The van der Waals surface area contributed by atoms with Gasteiger partial charge in [0.25, 0.3) is 5.91 Å². The quantitative estimate of drug-likeness (QED) is 0.267. The monoisotopic (exact) mass is 498 g/mol. The third kappa shape index (κ3) is 5.24. The highest BCUT2D eigenvalue weighted by molar-refractivity contribution is 6.33. The molecule has 34 heavy (non-hydrogen) atoms. The van der Waals surface area contributed by atoms with E-state index in [2.05, 4.69) is 15.4 Å². The van der Waals surface area contributed by atoms with Crippen LogP contribution in [0.2, 0.25) is 10.3 Å². The zero-order valence-corrected chi connectivity index (χ0v) is 19.3. The molecule has 0 atom stereocenters. The van der Waals surface area contributed by atoms with Gasteiger partial charge in [0.1, 0.15) is 16.1 Å². The molecule has 0 spiro atoms. The van der Waals surface area contributed by atoms with Gasteiger partial charge in [0.2, 0.25) is 0 Å². The Balaban J connectivity index is 1.72. The van der Waals surface area contributed by atoms with Crippen LogP contribution in [0.4, 0.5) is 10.1 Å². The smallest absolute Gasteiger partial charge is 0.358 e. The van der Waals surface area contributed by atoms with Crippen molar-refractivity contribution in [2.75, 3.05) is 11.9 Å². The molecule has 1 amide bonds. The average Bonchev–Trinajstić information content (AvgIpc) is 3.25. The predicted octanol–water partition coefficient (Wildman–Crippen LogP) is 5.81. The number of hydrogen-bond donors (Lipinski definition) is 1. The topological polar surface area (TPSA) is 86.1 Å². The van der Waals surface area contributed by atoms with Gasteiger partial charge in [-0.1, -0.05) is 41.4 Å².